The van der Waals surface area contributed by atoms with E-state index in [2.05, 4.69) is 15.2 Å². The SMILES string of the molecule is Nc1noc2ccc(-n3nc(C(F)(F)F)c4c3C(=O)N(c3ccc(-c5ccccc5CN5CC[C@@](N)(O)C5)cc3)CC4)cc12. The molecule has 0 aliphatic carbocycles. The van der Waals surface area contributed by atoms with Gasteiger partial charge in [-0.15, -0.1) is 0 Å². The van der Waals surface area contributed by atoms with Crippen molar-refractivity contribution in [2.24, 2.45) is 5.73 Å². The molecule has 1 saturated heterocycles. The fourth-order valence-corrected chi connectivity index (χ4v) is 6.13. The van der Waals surface area contributed by atoms with Crippen LogP contribution in [0.5, 0.6) is 0 Å². The van der Waals surface area contributed by atoms with Crippen LogP contribution in [0.15, 0.2) is 71.3 Å². The molecule has 0 spiro atoms. The van der Waals surface area contributed by atoms with Crippen molar-refractivity contribution in [2.45, 2.75) is 31.3 Å². The molecule has 2 aromatic heterocycles. The Morgan fingerprint density at radius 1 is 1.02 bits per heavy atom. The van der Waals surface area contributed by atoms with Crippen LogP contribution in [-0.2, 0) is 19.1 Å². The Morgan fingerprint density at radius 2 is 1.77 bits per heavy atom. The number of likely N-dealkylation sites (tertiary alicyclic amines) is 1. The number of aliphatic hydroxyl groups is 1. The van der Waals surface area contributed by atoms with Gasteiger partial charge < -0.3 is 26.0 Å². The van der Waals surface area contributed by atoms with E-state index in [9.17, 15) is 23.1 Å². The Hall–Kier alpha value is -4.72. The fraction of sp³-hybridized carbons (Fsp3) is 0.258. The van der Waals surface area contributed by atoms with Gasteiger partial charge in [0.25, 0.3) is 5.91 Å². The highest BCUT2D eigenvalue weighted by Gasteiger charge is 2.43. The zero-order valence-corrected chi connectivity index (χ0v) is 23.4. The third-order valence-electron chi connectivity index (χ3n) is 8.27. The van der Waals surface area contributed by atoms with Crippen molar-refractivity contribution in [2.75, 3.05) is 30.3 Å². The number of nitrogen functional groups attached to an aromatic ring is 1. The molecule has 10 nitrogen and oxygen atoms in total. The summed E-state index contributed by atoms with van der Waals surface area (Å²) in [5.74, 6) is -0.515. The lowest BCUT2D eigenvalue weighted by Crippen LogP contribution is -2.42. The standard InChI is InChI=1S/C31H28F3N7O3/c32-31(33,34)27-23-11-13-40(29(42)26(23)41(37-27)21-9-10-25-24(15-21)28(35)38-44-25)20-7-5-18(6-8-20)22-4-2-1-3-19(22)16-39-14-12-30(36,43)17-39/h1-10,15,43H,11-14,16-17,36H2,(H2,35,38)/t30-/m1/s1. The van der Waals surface area contributed by atoms with Gasteiger partial charge in [0, 0.05) is 43.9 Å². The van der Waals surface area contributed by atoms with E-state index in [4.69, 9.17) is 16.0 Å². The van der Waals surface area contributed by atoms with Gasteiger partial charge in [0.2, 0.25) is 0 Å². The summed E-state index contributed by atoms with van der Waals surface area (Å²) in [4.78, 5) is 17.5. The maximum atomic E-state index is 14.1. The number of hydrogen-bond donors (Lipinski definition) is 3. The first-order valence-corrected chi connectivity index (χ1v) is 14.1. The van der Waals surface area contributed by atoms with E-state index in [1.165, 1.54) is 23.1 Å². The number of carbonyl (C=O) groups is 1. The van der Waals surface area contributed by atoms with Gasteiger partial charge in [0.05, 0.1) is 11.1 Å². The summed E-state index contributed by atoms with van der Waals surface area (Å²) in [6.07, 6.45) is -4.27. The molecular formula is C31H28F3N7O3. The molecule has 5 N–H and O–H groups in total. The highest BCUT2D eigenvalue weighted by Crippen LogP contribution is 2.38. The molecule has 226 valence electrons. The fourth-order valence-electron chi connectivity index (χ4n) is 6.13. The number of benzene rings is 3. The minimum atomic E-state index is -4.74. The number of anilines is 2. The number of alkyl halides is 3. The number of rotatable bonds is 5. The molecule has 3 aromatic carbocycles. The van der Waals surface area contributed by atoms with Gasteiger partial charge >= 0.3 is 6.18 Å². The summed E-state index contributed by atoms with van der Waals surface area (Å²) in [5.41, 5.74) is 13.3. The number of aromatic nitrogens is 3. The first-order chi connectivity index (χ1) is 21.0. The second-order valence-electron chi connectivity index (χ2n) is 11.3. The van der Waals surface area contributed by atoms with Crippen LogP contribution in [0.4, 0.5) is 24.7 Å². The van der Waals surface area contributed by atoms with Gasteiger partial charge in [-0.25, -0.2) is 4.68 Å². The minimum Gasteiger partial charge on any atom is -0.380 e. The summed E-state index contributed by atoms with van der Waals surface area (Å²) < 4.78 is 48.3. The van der Waals surface area contributed by atoms with Crippen LogP contribution >= 0.6 is 0 Å². The van der Waals surface area contributed by atoms with Crippen LogP contribution in [0.2, 0.25) is 0 Å². The zero-order valence-electron chi connectivity index (χ0n) is 23.4. The van der Waals surface area contributed by atoms with Crippen LogP contribution in [-0.4, -0.2) is 56.2 Å². The molecule has 1 amide bonds. The Bertz CT molecular complexity index is 1900. The summed E-state index contributed by atoms with van der Waals surface area (Å²) in [6.45, 7) is 1.74. The smallest absolute Gasteiger partial charge is 0.380 e. The van der Waals surface area contributed by atoms with Crippen molar-refractivity contribution < 1.29 is 27.6 Å². The predicted molar refractivity (Wildman–Crippen MR) is 157 cm³/mol. The van der Waals surface area contributed by atoms with Crippen LogP contribution < -0.4 is 16.4 Å². The Balaban J connectivity index is 1.21. The topological polar surface area (TPSA) is 140 Å². The number of hydrogen-bond acceptors (Lipinski definition) is 8. The molecule has 44 heavy (non-hydrogen) atoms. The van der Waals surface area contributed by atoms with Crippen LogP contribution in [0.25, 0.3) is 27.8 Å². The molecule has 13 heteroatoms. The number of amides is 1. The number of nitrogens with zero attached hydrogens (tertiary/aromatic N) is 5. The van der Waals surface area contributed by atoms with Gasteiger partial charge in [0.1, 0.15) is 11.4 Å². The van der Waals surface area contributed by atoms with Crippen LogP contribution in [0.3, 0.4) is 0 Å². The van der Waals surface area contributed by atoms with E-state index < -0.39 is 23.5 Å². The number of β-amino-alcohol motifs (C(OH)–C–C–N with tert-alkyl or cyclic N) is 1. The molecule has 0 saturated carbocycles. The van der Waals surface area contributed by atoms with Crippen molar-refractivity contribution >= 4 is 28.4 Å². The normalized spacial score (nSPS) is 19.2. The lowest BCUT2D eigenvalue weighted by Gasteiger charge is -2.28. The third-order valence-corrected chi connectivity index (χ3v) is 8.27. The Kier molecular flexibility index (Phi) is 6.50. The molecule has 7 rings (SSSR count). The number of nitrogens with two attached hydrogens (primary N) is 2. The zero-order chi connectivity index (χ0) is 30.8. The molecule has 2 aliphatic rings. The molecule has 2 aliphatic heterocycles. The average Bonchev–Trinajstić information content (AvgIpc) is 3.68. The first kappa shape index (κ1) is 28.1. The first-order valence-electron chi connectivity index (χ1n) is 14.1. The maximum absolute atomic E-state index is 14.1. The van der Waals surface area contributed by atoms with Gasteiger partial charge in [-0.3, -0.25) is 9.69 Å². The van der Waals surface area contributed by atoms with Gasteiger partial charge in [-0.1, -0.05) is 41.6 Å². The summed E-state index contributed by atoms with van der Waals surface area (Å²) in [7, 11) is 0. The summed E-state index contributed by atoms with van der Waals surface area (Å²) in [5, 5.41) is 18.1. The second kappa shape index (κ2) is 10.2. The van der Waals surface area contributed by atoms with Crippen molar-refractivity contribution in [3.63, 3.8) is 0 Å². The lowest BCUT2D eigenvalue weighted by molar-refractivity contribution is -0.141. The highest BCUT2D eigenvalue weighted by atomic mass is 19.4. The molecule has 0 unspecified atom stereocenters. The molecular weight excluding hydrogens is 575 g/mol. The second-order valence-corrected chi connectivity index (χ2v) is 11.3. The number of halogens is 3. The monoisotopic (exact) mass is 603 g/mol. The number of carbonyl (C=O) groups excluding carboxylic acids is 1. The summed E-state index contributed by atoms with van der Waals surface area (Å²) >= 11 is 0. The van der Waals surface area contributed by atoms with Gasteiger partial charge in [-0.2, -0.15) is 18.3 Å². The Labute approximate surface area is 249 Å². The molecule has 4 heterocycles. The molecule has 1 fully saturated rings. The van der Waals surface area contributed by atoms with Crippen molar-refractivity contribution in [1.29, 1.82) is 0 Å². The van der Waals surface area contributed by atoms with E-state index in [0.29, 0.717) is 42.7 Å². The maximum Gasteiger partial charge on any atom is 0.435 e. The quantitative estimate of drug-likeness (QED) is 0.252. The summed E-state index contributed by atoms with van der Waals surface area (Å²) in [6, 6.07) is 19.8. The van der Waals surface area contributed by atoms with Gasteiger partial charge in [-0.05, 0) is 53.4 Å². The number of fused-ring (bicyclic) bond motifs is 2. The van der Waals surface area contributed by atoms with Crippen molar-refractivity contribution in [3.8, 4) is 16.8 Å². The van der Waals surface area contributed by atoms with Gasteiger partial charge in [0.15, 0.2) is 17.1 Å². The third kappa shape index (κ3) is 4.88. The van der Waals surface area contributed by atoms with Crippen molar-refractivity contribution in [3.05, 3.63) is 89.2 Å². The van der Waals surface area contributed by atoms with E-state index in [1.54, 1.807) is 12.1 Å². The minimum absolute atomic E-state index is 0.0263. The predicted octanol–water partition coefficient (Wildman–Crippen LogP) is 4.34. The molecule has 0 radical (unpaired) electrons. The largest absolute Gasteiger partial charge is 0.435 e. The Morgan fingerprint density at radius 3 is 2.50 bits per heavy atom. The van der Waals surface area contributed by atoms with E-state index in [1.807, 2.05) is 36.4 Å². The molecule has 1 atom stereocenters. The lowest BCUT2D eigenvalue weighted by atomic mass is 9.98. The van der Waals surface area contributed by atoms with E-state index in [0.717, 1.165) is 21.4 Å². The molecule has 5 aromatic rings. The van der Waals surface area contributed by atoms with Crippen LogP contribution in [0, 0.1) is 0 Å². The molecule has 0 bridgehead atoms. The van der Waals surface area contributed by atoms with Crippen molar-refractivity contribution in [1.82, 2.24) is 19.8 Å². The average molecular weight is 604 g/mol. The van der Waals surface area contributed by atoms with Crippen LogP contribution in [0.1, 0.15) is 33.7 Å². The van der Waals surface area contributed by atoms with E-state index in [-0.39, 0.29) is 35.7 Å². The van der Waals surface area contributed by atoms with E-state index >= 15 is 0 Å². The highest BCUT2D eigenvalue weighted by molar-refractivity contribution is 6.08.